The van der Waals surface area contributed by atoms with E-state index in [4.69, 9.17) is 11.6 Å². The Balaban J connectivity index is 2.37. The molecule has 0 saturated carbocycles. The van der Waals surface area contributed by atoms with Gasteiger partial charge in [-0.25, -0.2) is 4.39 Å². The van der Waals surface area contributed by atoms with Crippen LogP contribution < -0.4 is 0 Å². The molecule has 1 aromatic carbocycles. The van der Waals surface area contributed by atoms with Crippen molar-refractivity contribution in [3.8, 4) is 0 Å². The van der Waals surface area contributed by atoms with Gasteiger partial charge in [-0.3, -0.25) is 4.68 Å². The highest BCUT2D eigenvalue weighted by Gasteiger charge is 2.16. The number of hydrogen-bond acceptors (Lipinski definition) is 2. The molecule has 0 aliphatic heterocycles. The summed E-state index contributed by atoms with van der Waals surface area (Å²) in [7, 11) is 1.73. The smallest absolute Gasteiger partial charge is 0.130 e. The van der Waals surface area contributed by atoms with Gasteiger partial charge in [-0.05, 0) is 12.1 Å². The topological polar surface area (TPSA) is 38.0 Å². The van der Waals surface area contributed by atoms with Crippen LogP contribution in [0.4, 0.5) is 4.39 Å². The van der Waals surface area contributed by atoms with E-state index >= 15 is 0 Å². The standard InChI is InChI=1S/C11H10ClFN2O/c1-15-6-7(5-14-15)11(16)9-3-2-8(12)4-10(9)13/h2-6,11,16H,1H3. The van der Waals surface area contributed by atoms with Gasteiger partial charge in [0.15, 0.2) is 0 Å². The van der Waals surface area contributed by atoms with Crippen molar-refractivity contribution in [2.75, 3.05) is 0 Å². The molecule has 1 N–H and O–H groups in total. The molecule has 1 unspecified atom stereocenters. The summed E-state index contributed by atoms with van der Waals surface area (Å²) in [5.74, 6) is -0.524. The van der Waals surface area contributed by atoms with E-state index in [-0.39, 0.29) is 5.56 Å². The van der Waals surface area contributed by atoms with E-state index in [0.29, 0.717) is 10.6 Å². The molecule has 0 saturated heterocycles. The SMILES string of the molecule is Cn1cc(C(O)c2ccc(Cl)cc2F)cn1. The molecular weight excluding hydrogens is 231 g/mol. The Bertz CT molecular complexity index is 512. The van der Waals surface area contributed by atoms with Gasteiger partial charge >= 0.3 is 0 Å². The van der Waals surface area contributed by atoms with Crippen molar-refractivity contribution < 1.29 is 9.50 Å². The molecule has 16 heavy (non-hydrogen) atoms. The highest BCUT2D eigenvalue weighted by molar-refractivity contribution is 6.30. The Labute approximate surface area is 97.1 Å². The van der Waals surface area contributed by atoms with Gasteiger partial charge in [0.25, 0.3) is 0 Å². The van der Waals surface area contributed by atoms with Crippen LogP contribution >= 0.6 is 11.6 Å². The van der Waals surface area contributed by atoms with Crippen LogP contribution in [0.1, 0.15) is 17.2 Å². The third-order valence-corrected chi connectivity index (χ3v) is 2.53. The van der Waals surface area contributed by atoms with Gasteiger partial charge in [0.2, 0.25) is 0 Å². The zero-order valence-corrected chi connectivity index (χ0v) is 9.32. The van der Waals surface area contributed by atoms with E-state index in [2.05, 4.69) is 5.10 Å². The van der Waals surface area contributed by atoms with Gasteiger partial charge in [-0.1, -0.05) is 17.7 Å². The third kappa shape index (κ3) is 2.08. The van der Waals surface area contributed by atoms with Gasteiger partial charge < -0.3 is 5.11 Å². The second-order valence-corrected chi connectivity index (χ2v) is 3.95. The zero-order valence-electron chi connectivity index (χ0n) is 8.56. The van der Waals surface area contributed by atoms with E-state index in [1.54, 1.807) is 24.0 Å². The van der Waals surface area contributed by atoms with Crippen LogP contribution in [0.25, 0.3) is 0 Å². The second kappa shape index (κ2) is 4.23. The van der Waals surface area contributed by atoms with E-state index in [1.807, 2.05) is 0 Å². The fourth-order valence-electron chi connectivity index (χ4n) is 1.48. The lowest BCUT2D eigenvalue weighted by atomic mass is 10.0. The molecule has 84 valence electrons. The number of aliphatic hydroxyl groups is 1. The predicted octanol–water partition coefficient (Wildman–Crippen LogP) is 2.29. The molecule has 1 heterocycles. The molecule has 0 aliphatic rings. The number of halogens is 2. The van der Waals surface area contributed by atoms with Crippen molar-refractivity contribution in [2.45, 2.75) is 6.10 Å². The van der Waals surface area contributed by atoms with Crippen LogP contribution in [0.3, 0.4) is 0 Å². The second-order valence-electron chi connectivity index (χ2n) is 3.52. The summed E-state index contributed by atoms with van der Waals surface area (Å²) in [6, 6.07) is 4.19. The Morgan fingerprint density at radius 2 is 2.25 bits per heavy atom. The lowest BCUT2D eigenvalue weighted by molar-refractivity contribution is 0.215. The average molecular weight is 241 g/mol. The van der Waals surface area contributed by atoms with Crippen molar-refractivity contribution in [1.29, 1.82) is 0 Å². The van der Waals surface area contributed by atoms with Crippen LogP contribution in [0.15, 0.2) is 30.6 Å². The summed E-state index contributed by atoms with van der Waals surface area (Å²) in [5.41, 5.74) is 0.737. The van der Waals surface area contributed by atoms with Gasteiger partial charge in [0.1, 0.15) is 11.9 Å². The molecule has 2 rings (SSSR count). The van der Waals surface area contributed by atoms with Crippen LogP contribution in [0.5, 0.6) is 0 Å². The lowest BCUT2D eigenvalue weighted by Gasteiger charge is -2.09. The molecule has 2 aromatic rings. The summed E-state index contributed by atoms with van der Waals surface area (Å²) in [4.78, 5) is 0. The zero-order chi connectivity index (χ0) is 11.7. The average Bonchev–Trinajstić information content (AvgIpc) is 2.64. The van der Waals surface area contributed by atoms with E-state index in [1.165, 1.54) is 18.3 Å². The Hall–Kier alpha value is -1.39. The molecule has 0 fully saturated rings. The van der Waals surface area contributed by atoms with Gasteiger partial charge in [-0.2, -0.15) is 5.10 Å². The van der Waals surface area contributed by atoms with Crippen LogP contribution in [0, 0.1) is 5.82 Å². The molecule has 1 atom stereocenters. The Kier molecular flexibility index (Phi) is 2.94. The van der Waals surface area contributed by atoms with Crippen molar-refractivity contribution in [2.24, 2.45) is 7.05 Å². The molecule has 3 nitrogen and oxygen atoms in total. The summed E-state index contributed by atoms with van der Waals surface area (Å²) in [6.07, 6.45) is 2.11. The first-order chi connectivity index (χ1) is 7.58. The largest absolute Gasteiger partial charge is 0.383 e. The van der Waals surface area contributed by atoms with E-state index < -0.39 is 11.9 Å². The monoisotopic (exact) mass is 240 g/mol. The number of nitrogens with zero attached hydrogens (tertiary/aromatic N) is 2. The summed E-state index contributed by atoms with van der Waals surface area (Å²) >= 11 is 5.63. The first-order valence-corrected chi connectivity index (χ1v) is 5.07. The quantitative estimate of drug-likeness (QED) is 0.875. The Morgan fingerprint density at radius 3 is 2.81 bits per heavy atom. The summed E-state index contributed by atoms with van der Waals surface area (Å²) in [6.45, 7) is 0. The molecule has 0 amide bonds. The maximum absolute atomic E-state index is 13.5. The molecule has 0 bridgehead atoms. The lowest BCUT2D eigenvalue weighted by Crippen LogP contribution is -2.01. The van der Waals surface area contributed by atoms with Crippen molar-refractivity contribution in [3.63, 3.8) is 0 Å². The number of rotatable bonds is 2. The fraction of sp³-hybridized carbons (Fsp3) is 0.182. The Morgan fingerprint density at radius 1 is 1.50 bits per heavy atom. The number of hydrogen-bond donors (Lipinski definition) is 1. The molecule has 0 radical (unpaired) electrons. The van der Waals surface area contributed by atoms with Crippen LogP contribution in [0.2, 0.25) is 5.02 Å². The third-order valence-electron chi connectivity index (χ3n) is 2.30. The van der Waals surface area contributed by atoms with Crippen molar-refractivity contribution >= 4 is 11.6 Å². The minimum absolute atomic E-state index is 0.192. The molecule has 0 aliphatic carbocycles. The maximum Gasteiger partial charge on any atom is 0.130 e. The number of benzene rings is 1. The highest BCUT2D eigenvalue weighted by atomic mass is 35.5. The molecule has 0 spiro atoms. The first-order valence-electron chi connectivity index (χ1n) is 4.69. The number of aryl methyl sites for hydroxylation is 1. The minimum Gasteiger partial charge on any atom is -0.383 e. The summed E-state index contributed by atoms with van der Waals surface area (Å²) < 4.78 is 15.1. The fourth-order valence-corrected chi connectivity index (χ4v) is 1.64. The van der Waals surface area contributed by atoms with Crippen molar-refractivity contribution in [3.05, 3.63) is 52.6 Å². The molecule has 1 aromatic heterocycles. The number of aromatic nitrogens is 2. The minimum atomic E-state index is -1.02. The van der Waals surface area contributed by atoms with Crippen molar-refractivity contribution in [1.82, 2.24) is 9.78 Å². The first kappa shape index (κ1) is 11.1. The maximum atomic E-state index is 13.5. The van der Waals surface area contributed by atoms with E-state index in [9.17, 15) is 9.50 Å². The normalized spacial score (nSPS) is 12.8. The van der Waals surface area contributed by atoms with Gasteiger partial charge in [0.05, 0.1) is 6.20 Å². The summed E-state index contributed by atoms with van der Waals surface area (Å²) in [5, 5.41) is 14.2. The number of aliphatic hydroxyl groups excluding tert-OH is 1. The van der Waals surface area contributed by atoms with Gasteiger partial charge in [-0.15, -0.1) is 0 Å². The van der Waals surface area contributed by atoms with Crippen LogP contribution in [-0.2, 0) is 7.05 Å². The van der Waals surface area contributed by atoms with E-state index in [0.717, 1.165) is 0 Å². The highest BCUT2D eigenvalue weighted by Crippen LogP contribution is 2.25. The molecular formula is C11H10ClFN2O. The molecule has 5 heteroatoms. The predicted molar refractivity (Wildman–Crippen MR) is 58.7 cm³/mol. The van der Waals surface area contributed by atoms with Crippen LogP contribution in [-0.4, -0.2) is 14.9 Å². The van der Waals surface area contributed by atoms with Gasteiger partial charge in [0, 0.05) is 29.4 Å².